The number of piperidine rings is 1. The van der Waals surface area contributed by atoms with Crippen LogP contribution in [0.15, 0.2) is 4.99 Å². The average molecular weight is 399 g/mol. The van der Waals surface area contributed by atoms with Gasteiger partial charge >= 0.3 is 5.97 Å². The summed E-state index contributed by atoms with van der Waals surface area (Å²) in [5, 5.41) is 3.27. The van der Waals surface area contributed by atoms with E-state index < -0.39 is 0 Å². The SMILES string of the molecule is CCNC(=NCCOC)N1CCC(C(=O)OC)CC1.I. The Hall–Kier alpha value is -0.570. The number of nitrogens with zero attached hydrogens (tertiary/aromatic N) is 2. The summed E-state index contributed by atoms with van der Waals surface area (Å²) in [5.41, 5.74) is 0. The van der Waals surface area contributed by atoms with E-state index in [9.17, 15) is 4.79 Å². The molecule has 1 heterocycles. The standard InChI is InChI=1S/C13H25N3O3.HI/c1-4-14-13(15-7-10-18-2)16-8-5-11(6-9-16)12(17)19-3;/h11H,4-10H2,1-3H3,(H,14,15);1H. The van der Waals surface area contributed by atoms with E-state index in [4.69, 9.17) is 9.47 Å². The summed E-state index contributed by atoms with van der Waals surface area (Å²) in [4.78, 5) is 18.2. The van der Waals surface area contributed by atoms with E-state index in [0.717, 1.165) is 38.4 Å². The second kappa shape index (κ2) is 11.1. The molecular formula is C13H26IN3O3. The van der Waals surface area contributed by atoms with Gasteiger partial charge in [0.25, 0.3) is 0 Å². The summed E-state index contributed by atoms with van der Waals surface area (Å²) in [6.45, 7) is 5.82. The molecule has 20 heavy (non-hydrogen) atoms. The quantitative estimate of drug-likeness (QED) is 0.247. The van der Waals surface area contributed by atoms with Crippen LogP contribution >= 0.6 is 24.0 Å². The van der Waals surface area contributed by atoms with Crippen LogP contribution < -0.4 is 5.32 Å². The fourth-order valence-corrected chi connectivity index (χ4v) is 2.16. The first kappa shape index (κ1) is 19.4. The third kappa shape index (κ3) is 6.25. The largest absolute Gasteiger partial charge is 0.469 e. The normalized spacial score (nSPS) is 16.6. The van der Waals surface area contributed by atoms with Crippen LogP contribution in [0.25, 0.3) is 0 Å². The van der Waals surface area contributed by atoms with Crippen molar-refractivity contribution >= 4 is 35.9 Å². The van der Waals surface area contributed by atoms with Gasteiger partial charge < -0.3 is 19.7 Å². The number of halogens is 1. The fraction of sp³-hybridized carbons (Fsp3) is 0.846. The van der Waals surface area contributed by atoms with Crippen LogP contribution in [0, 0.1) is 5.92 Å². The van der Waals surface area contributed by atoms with Crippen LogP contribution in [0.2, 0.25) is 0 Å². The number of esters is 1. The minimum absolute atomic E-state index is 0. The van der Waals surface area contributed by atoms with E-state index >= 15 is 0 Å². The zero-order chi connectivity index (χ0) is 14.1. The topological polar surface area (TPSA) is 63.2 Å². The Kier molecular flexibility index (Phi) is 10.8. The molecule has 0 saturated carbocycles. The fourth-order valence-electron chi connectivity index (χ4n) is 2.16. The molecule has 0 aromatic carbocycles. The van der Waals surface area contributed by atoms with Crippen molar-refractivity contribution in [1.29, 1.82) is 0 Å². The molecule has 0 amide bonds. The van der Waals surface area contributed by atoms with Gasteiger partial charge in [0, 0.05) is 26.7 Å². The van der Waals surface area contributed by atoms with E-state index in [2.05, 4.69) is 15.2 Å². The zero-order valence-electron chi connectivity index (χ0n) is 12.6. The van der Waals surface area contributed by atoms with Gasteiger partial charge in [-0.15, -0.1) is 24.0 Å². The summed E-state index contributed by atoms with van der Waals surface area (Å²) in [6, 6.07) is 0. The lowest BCUT2D eigenvalue weighted by atomic mass is 9.97. The molecule has 0 unspecified atom stereocenters. The molecular weight excluding hydrogens is 373 g/mol. The van der Waals surface area contributed by atoms with E-state index in [0.29, 0.717) is 13.2 Å². The van der Waals surface area contributed by atoms with Crippen molar-refractivity contribution in [2.24, 2.45) is 10.9 Å². The molecule has 1 aliphatic rings. The summed E-state index contributed by atoms with van der Waals surface area (Å²) in [5.74, 6) is 0.840. The minimum atomic E-state index is -0.0963. The molecule has 1 saturated heterocycles. The van der Waals surface area contributed by atoms with Crippen molar-refractivity contribution in [1.82, 2.24) is 10.2 Å². The van der Waals surface area contributed by atoms with E-state index in [1.165, 1.54) is 7.11 Å². The number of likely N-dealkylation sites (tertiary alicyclic amines) is 1. The molecule has 118 valence electrons. The third-order valence-electron chi connectivity index (χ3n) is 3.22. The van der Waals surface area contributed by atoms with Crippen LogP contribution in [-0.2, 0) is 14.3 Å². The summed E-state index contributed by atoms with van der Waals surface area (Å²) >= 11 is 0. The summed E-state index contributed by atoms with van der Waals surface area (Å²) in [7, 11) is 3.12. The van der Waals surface area contributed by atoms with E-state index in [1.54, 1.807) is 7.11 Å². The second-order valence-corrected chi connectivity index (χ2v) is 4.51. The molecule has 0 aromatic heterocycles. The maximum Gasteiger partial charge on any atom is 0.308 e. The Labute approximate surface area is 138 Å². The number of methoxy groups -OCH3 is 2. The van der Waals surface area contributed by atoms with Crippen molar-refractivity contribution in [2.45, 2.75) is 19.8 Å². The number of rotatable bonds is 5. The lowest BCUT2D eigenvalue weighted by Crippen LogP contribution is -2.46. The Bertz CT molecular complexity index is 305. The van der Waals surface area contributed by atoms with Gasteiger partial charge in [-0.2, -0.15) is 0 Å². The highest BCUT2D eigenvalue weighted by Gasteiger charge is 2.26. The van der Waals surface area contributed by atoms with Gasteiger partial charge in [0.05, 0.1) is 26.2 Å². The molecule has 0 aromatic rings. The first-order valence-electron chi connectivity index (χ1n) is 6.83. The number of aliphatic imine (C=N–C) groups is 1. The smallest absolute Gasteiger partial charge is 0.308 e. The van der Waals surface area contributed by atoms with Crippen LogP contribution in [0.3, 0.4) is 0 Å². The molecule has 0 aliphatic carbocycles. The predicted molar refractivity (Wildman–Crippen MR) is 89.6 cm³/mol. The molecule has 1 N–H and O–H groups in total. The van der Waals surface area contributed by atoms with Gasteiger partial charge in [-0.3, -0.25) is 9.79 Å². The van der Waals surface area contributed by atoms with Gasteiger partial charge in [-0.05, 0) is 19.8 Å². The maximum absolute atomic E-state index is 11.5. The van der Waals surface area contributed by atoms with Crippen LogP contribution in [0.5, 0.6) is 0 Å². The first-order valence-corrected chi connectivity index (χ1v) is 6.83. The van der Waals surface area contributed by atoms with Crippen LogP contribution in [-0.4, -0.2) is 63.8 Å². The lowest BCUT2D eigenvalue weighted by Gasteiger charge is -2.33. The molecule has 0 atom stereocenters. The summed E-state index contributed by atoms with van der Waals surface area (Å²) < 4.78 is 9.80. The molecule has 6 nitrogen and oxygen atoms in total. The molecule has 0 bridgehead atoms. The second-order valence-electron chi connectivity index (χ2n) is 4.51. The molecule has 1 fully saturated rings. The van der Waals surface area contributed by atoms with Crippen molar-refractivity contribution in [2.75, 3.05) is 47.0 Å². The molecule has 0 spiro atoms. The minimum Gasteiger partial charge on any atom is -0.469 e. The predicted octanol–water partition coefficient (Wildman–Crippen LogP) is 1.10. The number of carbonyl (C=O) groups excluding carboxylic acids is 1. The van der Waals surface area contributed by atoms with Crippen molar-refractivity contribution in [3.63, 3.8) is 0 Å². The number of hydrogen-bond donors (Lipinski definition) is 1. The monoisotopic (exact) mass is 399 g/mol. The Morgan fingerprint density at radius 2 is 2.00 bits per heavy atom. The number of nitrogens with one attached hydrogen (secondary N) is 1. The average Bonchev–Trinajstić information content (AvgIpc) is 2.46. The Morgan fingerprint density at radius 3 is 2.50 bits per heavy atom. The Morgan fingerprint density at radius 1 is 1.35 bits per heavy atom. The van der Waals surface area contributed by atoms with Gasteiger partial charge in [0.15, 0.2) is 5.96 Å². The highest BCUT2D eigenvalue weighted by molar-refractivity contribution is 14.0. The molecule has 1 rings (SSSR count). The van der Waals surface area contributed by atoms with E-state index in [1.807, 2.05) is 6.92 Å². The Balaban J connectivity index is 0.00000361. The van der Waals surface area contributed by atoms with Gasteiger partial charge in [0.2, 0.25) is 0 Å². The van der Waals surface area contributed by atoms with Crippen molar-refractivity contribution in [3.8, 4) is 0 Å². The molecule has 1 aliphatic heterocycles. The maximum atomic E-state index is 11.5. The highest BCUT2D eigenvalue weighted by atomic mass is 127. The van der Waals surface area contributed by atoms with Crippen LogP contribution in [0.1, 0.15) is 19.8 Å². The first-order chi connectivity index (χ1) is 9.22. The summed E-state index contributed by atoms with van der Waals surface area (Å²) in [6.07, 6.45) is 1.64. The molecule has 7 heteroatoms. The van der Waals surface area contributed by atoms with Crippen molar-refractivity contribution in [3.05, 3.63) is 0 Å². The van der Waals surface area contributed by atoms with Gasteiger partial charge in [-0.25, -0.2) is 0 Å². The van der Waals surface area contributed by atoms with E-state index in [-0.39, 0.29) is 35.9 Å². The molecule has 0 radical (unpaired) electrons. The number of guanidine groups is 1. The zero-order valence-corrected chi connectivity index (χ0v) is 14.9. The van der Waals surface area contributed by atoms with Crippen molar-refractivity contribution < 1.29 is 14.3 Å². The lowest BCUT2D eigenvalue weighted by molar-refractivity contribution is -0.146. The number of carbonyl (C=O) groups is 1. The number of ether oxygens (including phenoxy) is 2. The van der Waals surface area contributed by atoms with Crippen LogP contribution in [0.4, 0.5) is 0 Å². The highest BCUT2D eigenvalue weighted by Crippen LogP contribution is 2.18. The number of hydrogen-bond acceptors (Lipinski definition) is 4. The third-order valence-corrected chi connectivity index (χ3v) is 3.22. The van der Waals surface area contributed by atoms with Gasteiger partial charge in [-0.1, -0.05) is 0 Å². The van der Waals surface area contributed by atoms with Gasteiger partial charge in [0.1, 0.15) is 0 Å².